The summed E-state index contributed by atoms with van der Waals surface area (Å²) in [6, 6.07) is 3.23. The second-order valence-corrected chi connectivity index (χ2v) is 6.29. The number of nitrogens with one attached hydrogen (secondary N) is 1. The van der Waals surface area contributed by atoms with Gasteiger partial charge in [-0.15, -0.1) is 0 Å². The van der Waals surface area contributed by atoms with Gasteiger partial charge in [0.25, 0.3) is 5.69 Å². The number of nitro benzene ring substituents is 1. The standard InChI is InChI=1S/C11H11ClN4O4S/c1-15-5-4-13-11(15)7-14-21(19,20)10-6-8(16(17)18)2-3-9(10)12/h2-6,14H,7H2,1H3. The maximum absolute atomic E-state index is 12.2. The molecule has 0 fully saturated rings. The molecule has 0 unspecified atom stereocenters. The lowest BCUT2D eigenvalue weighted by Gasteiger charge is -2.08. The van der Waals surface area contributed by atoms with Crippen molar-refractivity contribution < 1.29 is 13.3 Å². The van der Waals surface area contributed by atoms with E-state index in [1.807, 2.05) is 0 Å². The van der Waals surface area contributed by atoms with Crippen LogP contribution in [0.5, 0.6) is 0 Å². The molecule has 2 aromatic rings. The molecule has 8 nitrogen and oxygen atoms in total. The number of aromatic nitrogens is 2. The van der Waals surface area contributed by atoms with Crippen molar-refractivity contribution in [1.82, 2.24) is 14.3 Å². The van der Waals surface area contributed by atoms with E-state index in [0.717, 1.165) is 12.1 Å². The highest BCUT2D eigenvalue weighted by Gasteiger charge is 2.21. The van der Waals surface area contributed by atoms with Crippen LogP contribution in [0.1, 0.15) is 5.82 Å². The number of nitro groups is 1. The van der Waals surface area contributed by atoms with E-state index >= 15 is 0 Å². The first-order chi connectivity index (χ1) is 9.81. The number of hydrogen-bond donors (Lipinski definition) is 1. The van der Waals surface area contributed by atoms with E-state index in [2.05, 4.69) is 9.71 Å². The first kappa shape index (κ1) is 15.4. The quantitative estimate of drug-likeness (QED) is 0.659. The minimum Gasteiger partial charge on any atom is -0.337 e. The van der Waals surface area contributed by atoms with Gasteiger partial charge in [-0.1, -0.05) is 11.6 Å². The van der Waals surface area contributed by atoms with Crippen molar-refractivity contribution in [1.29, 1.82) is 0 Å². The van der Waals surface area contributed by atoms with Crippen LogP contribution >= 0.6 is 11.6 Å². The highest BCUT2D eigenvalue weighted by atomic mass is 35.5. The van der Waals surface area contributed by atoms with Crippen LogP contribution in [-0.4, -0.2) is 22.9 Å². The molecule has 0 saturated carbocycles. The minimum atomic E-state index is -3.98. The van der Waals surface area contributed by atoms with Gasteiger partial charge in [0.1, 0.15) is 10.7 Å². The van der Waals surface area contributed by atoms with Gasteiger partial charge in [0.05, 0.1) is 16.5 Å². The number of non-ortho nitro benzene ring substituents is 1. The lowest BCUT2D eigenvalue weighted by Crippen LogP contribution is -2.25. The molecular formula is C11H11ClN4O4S. The van der Waals surface area contributed by atoms with Gasteiger partial charge in [-0.25, -0.2) is 18.1 Å². The third-order valence-corrected chi connectivity index (χ3v) is 4.64. The van der Waals surface area contributed by atoms with E-state index in [1.54, 1.807) is 17.8 Å². The van der Waals surface area contributed by atoms with E-state index in [9.17, 15) is 18.5 Å². The van der Waals surface area contributed by atoms with Crippen LogP contribution in [0, 0.1) is 10.1 Å². The Hall–Kier alpha value is -1.97. The average molecular weight is 331 g/mol. The summed E-state index contributed by atoms with van der Waals surface area (Å²) in [5.41, 5.74) is -0.350. The van der Waals surface area contributed by atoms with Crippen molar-refractivity contribution in [2.45, 2.75) is 11.4 Å². The Bertz CT molecular complexity index is 787. The number of halogens is 1. The van der Waals surface area contributed by atoms with Crippen molar-refractivity contribution in [3.8, 4) is 0 Å². The zero-order chi connectivity index (χ0) is 15.6. The summed E-state index contributed by atoms with van der Waals surface area (Å²) in [4.78, 5) is 13.7. The minimum absolute atomic E-state index is 0.0507. The summed E-state index contributed by atoms with van der Waals surface area (Å²) in [7, 11) is -2.26. The van der Waals surface area contributed by atoms with Crippen molar-refractivity contribution >= 4 is 27.3 Å². The van der Waals surface area contributed by atoms with Crippen LogP contribution < -0.4 is 4.72 Å². The number of rotatable bonds is 5. The topological polar surface area (TPSA) is 107 Å². The molecule has 0 saturated heterocycles. The molecule has 21 heavy (non-hydrogen) atoms. The largest absolute Gasteiger partial charge is 0.337 e. The molecule has 10 heteroatoms. The summed E-state index contributed by atoms with van der Waals surface area (Å²) in [5.74, 6) is 0.500. The Labute approximate surface area is 125 Å². The van der Waals surface area contributed by atoms with E-state index in [1.165, 1.54) is 12.3 Å². The molecule has 1 aromatic heterocycles. The Balaban J connectivity index is 2.29. The molecular weight excluding hydrogens is 320 g/mol. The molecule has 0 aliphatic rings. The fraction of sp³-hybridized carbons (Fsp3) is 0.182. The molecule has 0 aliphatic heterocycles. The molecule has 0 atom stereocenters. The van der Waals surface area contributed by atoms with Gasteiger partial charge in [0, 0.05) is 31.6 Å². The van der Waals surface area contributed by atoms with E-state index < -0.39 is 14.9 Å². The van der Waals surface area contributed by atoms with Crippen molar-refractivity contribution in [2.75, 3.05) is 0 Å². The second-order valence-electron chi connectivity index (χ2n) is 4.15. The van der Waals surface area contributed by atoms with Gasteiger partial charge in [-0.2, -0.15) is 0 Å². The first-order valence-electron chi connectivity index (χ1n) is 5.71. The van der Waals surface area contributed by atoms with Gasteiger partial charge < -0.3 is 4.57 Å². The van der Waals surface area contributed by atoms with Crippen molar-refractivity contribution in [3.63, 3.8) is 0 Å². The van der Waals surface area contributed by atoms with Crippen LogP contribution in [0.25, 0.3) is 0 Å². The summed E-state index contributed by atoms with van der Waals surface area (Å²) < 4.78 is 28.3. The van der Waals surface area contributed by atoms with Crippen LogP contribution in [0.3, 0.4) is 0 Å². The Kier molecular flexibility index (Phi) is 4.26. The summed E-state index contributed by atoms with van der Waals surface area (Å²) in [6.45, 7) is -0.0507. The lowest BCUT2D eigenvalue weighted by molar-refractivity contribution is -0.385. The average Bonchev–Trinajstić information content (AvgIpc) is 2.82. The summed E-state index contributed by atoms with van der Waals surface area (Å²) >= 11 is 5.81. The Morgan fingerprint density at radius 1 is 1.48 bits per heavy atom. The molecule has 1 heterocycles. The van der Waals surface area contributed by atoms with Gasteiger partial charge in [0.15, 0.2) is 0 Å². The number of hydrogen-bond acceptors (Lipinski definition) is 5. The number of imidazole rings is 1. The summed E-state index contributed by atoms with van der Waals surface area (Å²) in [6.07, 6.45) is 3.20. The third-order valence-electron chi connectivity index (χ3n) is 2.76. The molecule has 1 aromatic carbocycles. The van der Waals surface area contributed by atoms with Gasteiger partial charge in [-0.05, 0) is 6.07 Å². The van der Waals surface area contributed by atoms with E-state index in [0.29, 0.717) is 5.82 Å². The highest BCUT2D eigenvalue weighted by Crippen LogP contribution is 2.26. The first-order valence-corrected chi connectivity index (χ1v) is 7.57. The monoisotopic (exact) mass is 330 g/mol. The number of nitrogens with zero attached hydrogens (tertiary/aromatic N) is 3. The predicted octanol–water partition coefficient (Wildman–Crippen LogP) is 1.46. The van der Waals surface area contributed by atoms with Gasteiger partial charge in [-0.3, -0.25) is 10.1 Å². The van der Waals surface area contributed by atoms with Gasteiger partial charge in [0.2, 0.25) is 10.0 Å². The molecule has 0 spiro atoms. The second kappa shape index (κ2) is 5.80. The Morgan fingerprint density at radius 3 is 2.76 bits per heavy atom. The number of sulfonamides is 1. The fourth-order valence-corrected chi connectivity index (χ4v) is 3.11. The maximum atomic E-state index is 12.2. The van der Waals surface area contributed by atoms with Crippen LogP contribution in [0.4, 0.5) is 5.69 Å². The molecule has 0 amide bonds. The molecule has 1 N–H and O–H groups in total. The molecule has 112 valence electrons. The highest BCUT2D eigenvalue weighted by molar-refractivity contribution is 7.89. The third kappa shape index (κ3) is 3.38. The molecule has 2 rings (SSSR count). The lowest BCUT2D eigenvalue weighted by atomic mass is 10.3. The van der Waals surface area contributed by atoms with Crippen molar-refractivity contribution in [3.05, 3.63) is 51.6 Å². The zero-order valence-electron chi connectivity index (χ0n) is 10.9. The number of benzene rings is 1. The SMILES string of the molecule is Cn1ccnc1CNS(=O)(=O)c1cc([N+](=O)[O-])ccc1Cl. The zero-order valence-corrected chi connectivity index (χ0v) is 12.4. The molecule has 0 bridgehead atoms. The normalized spacial score (nSPS) is 11.5. The van der Waals surface area contributed by atoms with Crippen molar-refractivity contribution in [2.24, 2.45) is 7.05 Å². The fourth-order valence-electron chi connectivity index (χ4n) is 1.62. The van der Waals surface area contributed by atoms with E-state index in [4.69, 9.17) is 11.6 Å². The van der Waals surface area contributed by atoms with Crippen LogP contribution in [-0.2, 0) is 23.6 Å². The van der Waals surface area contributed by atoms with Gasteiger partial charge >= 0.3 is 0 Å². The maximum Gasteiger partial charge on any atom is 0.270 e. The summed E-state index contributed by atoms with van der Waals surface area (Å²) in [5, 5.41) is 10.6. The Morgan fingerprint density at radius 2 is 2.19 bits per heavy atom. The molecule has 0 aliphatic carbocycles. The smallest absolute Gasteiger partial charge is 0.270 e. The van der Waals surface area contributed by atoms with Crippen LogP contribution in [0.15, 0.2) is 35.5 Å². The van der Waals surface area contributed by atoms with Crippen LogP contribution in [0.2, 0.25) is 5.02 Å². The number of aryl methyl sites for hydroxylation is 1. The molecule has 0 radical (unpaired) electrons. The van der Waals surface area contributed by atoms with E-state index in [-0.39, 0.29) is 22.2 Å². The predicted molar refractivity (Wildman–Crippen MR) is 75.3 cm³/mol.